The Hall–Kier alpha value is -2.16. The van der Waals surface area contributed by atoms with Crippen LogP contribution < -0.4 is 4.74 Å². The maximum atomic E-state index is 12.8. The fourth-order valence-electron chi connectivity index (χ4n) is 2.37. The van der Waals surface area contributed by atoms with Crippen LogP contribution in [0.15, 0.2) is 48.5 Å². The van der Waals surface area contributed by atoms with Gasteiger partial charge in [0.25, 0.3) is 0 Å². The van der Waals surface area contributed by atoms with Gasteiger partial charge in [-0.3, -0.25) is 4.79 Å². The van der Waals surface area contributed by atoms with Gasteiger partial charge in [0.15, 0.2) is 0 Å². The van der Waals surface area contributed by atoms with E-state index in [9.17, 15) is 9.18 Å². The van der Waals surface area contributed by atoms with E-state index in [1.54, 1.807) is 18.2 Å². The molecule has 3 heteroatoms. The number of carbonyl (C=O) groups excluding carboxylic acids is 1. The number of fused-ring (bicyclic) bond motifs is 1. The normalized spacial score (nSPS) is 17.7. The number of hydrogen-bond donors (Lipinski definition) is 0. The molecule has 0 bridgehead atoms. The number of carbonyl (C=O) groups is 1. The van der Waals surface area contributed by atoms with Crippen molar-refractivity contribution in [2.45, 2.75) is 12.8 Å². The zero-order valence-electron chi connectivity index (χ0n) is 10.3. The van der Waals surface area contributed by atoms with E-state index in [2.05, 4.69) is 0 Å². The molecule has 2 aromatic carbocycles. The van der Waals surface area contributed by atoms with Crippen LogP contribution in [0.5, 0.6) is 5.75 Å². The van der Waals surface area contributed by atoms with E-state index in [-0.39, 0.29) is 17.7 Å². The number of benzene rings is 2. The van der Waals surface area contributed by atoms with E-state index in [0.717, 1.165) is 11.1 Å². The van der Waals surface area contributed by atoms with Crippen LogP contribution in [0.3, 0.4) is 0 Å². The van der Waals surface area contributed by atoms with Gasteiger partial charge in [0.1, 0.15) is 11.6 Å². The van der Waals surface area contributed by atoms with Gasteiger partial charge >= 0.3 is 5.97 Å². The summed E-state index contributed by atoms with van der Waals surface area (Å²) in [6.07, 6.45) is 1.25. The highest BCUT2D eigenvalue weighted by molar-refractivity contribution is 5.78. The Balaban J connectivity index is 1.79. The van der Waals surface area contributed by atoms with Gasteiger partial charge in [-0.2, -0.15) is 0 Å². The number of hydrogen-bond acceptors (Lipinski definition) is 2. The minimum atomic E-state index is -0.264. The summed E-state index contributed by atoms with van der Waals surface area (Å²) >= 11 is 0. The lowest BCUT2D eigenvalue weighted by Crippen LogP contribution is -2.29. The molecule has 0 amide bonds. The molecule has 0 unspecified atom stereocenters. The first-order chi connectivity index (χ1) is 9.22. The summed E-state index contributed by atoms with van der Waals surface area (Å²) in [5.41, 5.74) is 2.00. The zero-order valence-corrected chi connectivity index (χ0v) is 10.3. The summed E-state index contributed by atoms with van der Waals surface area (Å²) in [4.78, 5) is 11.9. The van der Waals surface area contributed by atoms with Crippen molar-refractivity contribution in [2.24, 2.45) is 5.92 Å². The van der Waals surface area contributed by atoms with Gasteiger partial charge in [0.05, 0.1) is 5.92 Å². The summed E-state index contributed by atoms with van der Waals surface area (Å²) in [6.45, 7) is 0. The molecule has 0 fully saturated rings. The molecule has 96 valence electrons. The molecule has 1 aliphatic heterocycles. The van der Waals surface area contributed by atoms with Crippen molar-refractivity contribution < 1.29 is 13.9 Å². The molecule has 0 radical (unpaired) electrons. The van der Waals surface area contributed by atoms with Crippen LogP contribution in [0.1, 0.15) is 11.1 Å². The second kappa shape index (κ2) is 4.84. The molecule has 0 saturated carbocycles. The van der Waals surface area contributed by atoms with Crippen LogP contribution in [-0.4, -0.2) is 5.97 Å². The van der Waals surface area contributed by atoms with Crippen LogP contribution in [0.2, 0.25) is 0 Å². The highest BCUT2D eigenvalue weighted by Crippen LogP contribution is 2.29. The van der Waals surface area contributed by atoms with Crippen LogP contribution >= 0.6 is 0 Å². The Labute approximate surface area is 110 Å². The maximum absolute atomic E-state index is 12.8. The second-order valence-electron chi connectivity index (χ2n) is 4.76. The molecule has 0 N–H and O–H groups in total. The smallest absolute Gasteiger partial charge is 0.315 e. The minimum absolute atomic E-state index is 0.194. The Morgan fingerprint density at radius 2 is 1.84 bits per heavy atom. The predicted molar refractivity (Wildman–Crippen MR) is 69.4 cm³/mol. The van der Waals surface area contributed by atoms with E-state index in [0.29, 0.717) is 18.6 Å². The second-order valence-corrected chi connectivity index (χ2v) is 4.76. The first kappa shape index (κ1) is 11.9. The van der Waals surface area contributed by atoms with E-state index >= 15 is 0 Å². The fourth-order valence-corrected chi connectivity index (χ4v) is 2.37. The SMILES string of the molecule is O=C1Oc2ccccc2C[C@@H]1Cc1ccc(F)cc1. The third-order valence-electron chi connectivity index (χ3n) is 3.38. The minimum Gasteiger partial charge on any atom is -0.426 e. The third-order valence-corrected chi connectivity index (χ3v) is 3.38. The maximum Gasteiger partial charge on any atom is 0.315 e. The quantitative estimate of drug-likeness (QED) is 0.609. The van der Waals surface area contributed by atoms with Crippen LogP contribution in [-0.2, 0) is 17.6 Å². The summed E-state index contributed by atoms with van der Waals surface area (Å²) in [5, 5.41) is 0. The van der Waals surface area contributed by atoms with Crippen molar-refractivity contribution in [3.8, 4) is 5.75 Å². The molecule has 0 aromatic heterocycles. The van der Waals surface area contributed by atoms with Crippen LogP contribution in [0, 0.1) is 11.7 Å². The van der Waals surface area contributed by atoms with E-state index in [1.165, 1.54) is 12.1 Å². The number of ether oxygens (including phenoxy) is 1. The summed E-state index contributed by atoms with van der Waals surface area (Å²) < 4.78 is 18.2. The van der Waals surface area contributed by atoms with Crippen LogP contribution in [0.4, 0.5) is 4.39 Å². The Bertz CT molecular complexity index is 604. The van der Waals surface area contributed by atoms with Crippen molar-refractivity contribution in [3.05, 3.63) is 65.5 Å². The Kier molecular flexibility index (Phi) is 3.03. The molecular formula is C16H13FO2. The van der Waals surface area contributed by atoms with Gasteiger partial charge in [0, 0.05) is 0 Å². The summed E-state index contributed by atoms with van der Waals surface area (Å²) in [6, 6.07) is 13.8. The monoisotopic (exact) mass is 256 g/mol. The molecule has 3 rings (SSSR count). The molecular weight excluding hydrogens is 243 g/mol. The van der Waals surface area contributed by atoms with E-state index < -0.39 is 0 Å². The predicted octanol–water partition coefficient (Wildman–Crippen LogP) is 3.15. The Morgan fingerprint density at radius 3 is 2.63 bits per heavy atom. The van der Waals surface area contributed by atoms with Gasteiger partial charge in [0.2, 0.25) is 0 Å². The van der Waals surface area contributed by atoms with Crippen molar-refractivity contribution in [1.82, 2.24) is 0 Å². The lowest BCUT2D eigenvalue weighted by atomic mass is 9.90. The van der Waals surface area contributed by atoms with Crippen molar-refractivity contribution in [2.75, 3.05) is 0 Å². The van der Waals surface area contributed by atoms with Gasteiger partial charge in [-0.05, 0) is 42.2 Å². The standard InChI is InChI=1S/C16H13FO2/c17-14-7-5-11(6-8-14)9-13-10-12-3-1-2-4-15(12)19-16(13)18/h1-8,13H,9-10H2/t13-/m0/s1. The summed E-state index contributed by atoms with van der Waals surface area (Å²) in [7, 11) is 0. The molecule has 1 heterocycles. The molecule has 1 atom stereocenters. The van der Waals surface area contributed by atoms with Crippen molar-refractivity contribution in [3.63, 3.8) is 0 Å². The van der Waals surface area contributed by atoms with Gasteiger partial charge in [-0.15, -0.1) is 0 Å². The van der Waals surface area contributed by atoms with Gasteiger partial charge < -0.3 is 4.74 Å². The first-order valence-corrected chi connectivity index (χ1v) is 6.26. The molecule has 19 heavy (non-hydrogen) atoms. The highest BCUT2D eigenvalue weighted by atomic mass is 19.1. The van der Waals surface area contributed by atoms with E-state index in [1.807, 2.05) is 18.2 Å². The molecule has 1 aliphatic rings. The van der Waals surface area contributed by atoms with E-state index in [4.69, 9.17) is 4.74 Å². The third kappa shape index (κ3) is 2.50. The first-order valence-electron chi connectivity index (χ1n) is 6.26. The molecule has 2 aromatic rings. The number of rotatable bonds is 2. The number of esters is 1. The topological polar surface area (TPSA) is 26.3 Å². The fraction of sp³-hybridized carbons (Fsp3) is 0.188. The lowest BCUT2D eigenvalue weighted by molar-refractivity contribution is -0.140. The highest BCUT2D eigenvalue weighted by Gasteiger charge is 2.28. The van der Waals surface area contributed by atoms with Crippen molar-refractivity contribution in [1.29, 1.82) is 0 Å². The molecule has 0 aliphatic carbocycles. The molecule has 0 spiro atoms. The Morgan fingerprint density at radius 1 is 1.11 bits per heavy atom. The average Bonchev–Trinajstić information content (AvgIpc) is 2.42. The average molecular weight is 256 g/mol. The molecule has 2 nitrogen and oxygen atoms in total. The number of halogens is 1. The van der Waals surface area contributed by atoms with Crippen molar-refractivity contribution >= 4 is 5.97 Å². The molecule has 0 saturated heterocycles. The number of para-hydroxylation sites is 1. The lowest BCUT2D eigenvalue weighted by Gasteiger charge is -2.23. The van der Waals surface area contributed by atoms with Gasteiger partial charge in [-0.1, -0.05) is 30.3 Å². The summed E-state index contributed by atoms with van der Waals surface area (Å²) in [5.74, 6) is -0.00782. The largest absolute Gasteiger partial charge is 0.426 e. The zero-order chi connectivity index (χ0) is 13.2. The van der Waals surface area contributed by atoms with Gasteiger partial charge in [-0.25, -0.2) is 4.39 Å². The van der Waals surface area contributed by atoms with Crippen LogP contribution in [0.25, 0.3) is 0 Å².